The number of esters is 2. The zero-order valence-corrected chi connectivity index (χ0v) is 24.4. The number of hydrogen-bond donors (Lipinski definition) is 3. The van der Waals surface area contributed by atoms with E-state index in [0.29, 0.717) is 29.1 Å². The maximum atomic E-state index is 13.3. The Morgan fingerprint density at radius 1 is 1.07 bits per heavy atom. The maximum Gasteiger partial charge on any atom is 0.336 e. The van der Waals surface area contributed by atoms with E-state index in [-0.39, 0.29) is 49.1 Å². The number of nitro groups is 1. The Bertz CT molecular complexity index is 1320. The van der Waals surface area contributed by atoms with Crippen molar-refractivity contribution in [3.05, 3.63) is 92.6 Å². The first-order valence-corrected chi connectivity index (χ1v) is 13.2. The summed E-state index contributed by atoms with van der Waals surface area (Å²) in [5, 5.41) is 24.7. The number of carbonyl (C=O) groups is 3. The molecule has 0 saturated carbocycles. The van der Waals surface area contributed by atoms with E-state index >= 15 is 0 Å². The van der Waals surface area contributed by atoms with Crippen molar-refractivity contribution in [1.29, 1.82) is 0 Å². The fraction of sp³-hybridized carbons (Fsp3) is 0.379. The fourth-order valence-electron chi connectivity index (χ4n) is 4.07. The quantitative estimate of drug-likeness (QED) is 0.153. The first-order valence-electron chi connectivity index (χ1n) is 13.2. The van der Waals surface area contributed by atoms with Crippen LogP contribution in [0.15, 0.2) is 71.3 Å². The Balaban J connectivity index is 0.00000197. The molecule has 3 rings (SSSR count). The Hall–Kier alpha value is -4.62. The van der Waals surface area contributed by atoms with Crippen LogP contribution in [-0.2, 0) is 19.1 Å². The molecule has 1 atom stereocenters. The topological polar surface area (TPSA) is 173 Å². The second-order valence-electron chi connectivity index (χ2n) is 9.38. The van der Waals surface area contributed by atoms with Crippen molar-refractivity contribution >= 4 is 23.5 Å². The summed E-state index contributed by atoms with van der Waals surface area (Å²) in [5.74, 6) is -2.74. The fourth-order valence-corrected chi connectivity index (χ4v) is 4.07. The number of non-ortho nitro benzene ring substituents is 1. The smallest absolute Gasteiger partial charge is 0.336 e. The van der Waals surface area contributed by atoms with Gasteiger partial charge < -0.3 is 30.1 Å². The molecule has 13 nitrogen and oxygen atoms in total. The number of carbonyl (C=O) groups excluding carboxylic acids is 3. The molecule has 42 heavy (non-hydrogen) atoms. The standard InChI is InChI=1S/C27H31N5O7.C2H6O/c1-17-22(26(34)38-13-11-29-25(33)20-8-6-10-28-16-20)24(19-7-5-9-21(15-19)32(36)37)23(18(2)30-17)27(35)39-14-12-31(3)4;1-2-3/h5-10,15-16,24,30H,11-14H2,1-4H3,(H,29,33);3H,2H2,1H3. The normalized spacial score (nSPS) is 14.4. The summed E-state index contributed by atoms with van der Waals surface area (Å²) in [7, 11) is 3.68. The highest BCUT2D eigenvalue weighted by molar-refractivity contribution is 6.00. The number of ether oxygens (including phenoxy) is 2. The number of aromatic nitrogens is 1. The summed E-state index contributed by atoms with van der Waals surface area (Å²) in [6.45, 7) is 5.75. The monoisotopic (exact) mass is 583 g/mol. The molecule has 1 aromatic heterocycles. The Morgan fingerprint density at radius 2 is 1.69 bits per heavy atom. The Kier molecular flexibility index (Phi) is 13.3. The number of nitro benzene ring substituents is 1. The van der Waals surface area contributed by atoms with E-state index in [1.807, 2.05) is 19.0 Å². The minimum absolute atomic E-state index is 0.0367. The molecule has 1 aromatic carbocycles. The summed E-state index contributed by atoms with van der Waals surface area (Å²) in [4.78, 5) is 55.5. The van der Waals surface area contributed by atoms with Crippen LogP contribution in [-0.4, -0.2) is 84.8 Å². The van der Waals surface area contributed by atoms with Crippen molar-refractivity contribution < 1.29 is 33.9 Å². The summed E-state index contributed by atoms with van der Waals surface area (Å²) in [6, 6.07) is 8.99. The van der Waals surface area contributed by atoms with E-state index in [4.69, 9.17) is 14.6 Å². The van der Waals surface area contributed by atoms with Crippen molar-refractivity contribution in [2.45, 2.75) is 26.7 Å². The second-order valence-corrected chi connectivity index (χ2v) is 9.38. The lowest BCUT2D eigenvalue weighted by molar-refractivity contribution is -0.384. The Labute approximate surface area is 244 Å². The van der Waals surface area contributed by atoms with Crippen LogP contribution in [0.2, 0.25) is 0 Å². The van der Waals surface area contributed by atoms with Gasteiger partial charge in [-0.25, -0.2) is 9.59 Å². The van der Waals surface area contributed by atoms with Gasteiger partial charge in [-0.05, 0) is 52.6 Å². The van der Waals surface area contributed by atoms with Crippen LogP contribution in [0.25, 0.3) is 0 Å². The second kappa shape index (κ2) is 16.6. The maximum absolute atomic E-state index is 13.3. The van der Waals surface area contributed by atoms with Gasteiger partial charge in [0.15, 0.2) is 0 Å². The number of benzene rings is 1. The lowest BCUT2D eigenvalue weighted by Gasteiger charge is -2.30. The summed E-state index contributed by atoms with van der Waals surface area (Å²) in [5.41, 5.74) is 1.68. The van der Waals surface area contributed by atoms with Crippen LogP contribution < -0.4 is 10.6 Å². The van der Waals surface area contributed by atoms with Crippen molar-refractivity contribution in [2.24, 2.45) is 0 Å². The predicted octanol–water partition coefficient (Wildman–Crippen LogP) is 2.30. The molecule has 0 saturated heterocycles. The highest BCUT2D eigenvalue weighted by Gasteiger charge is 2.38. The Morgan fingerprint density at radius 3 is 2.24 bits per heavy atom. The molecule has 1 amide bonds. The number of aliphatic hydroxyl groups is 1. The number of amides is 1. The van der Waals surface area contributed by atoms with E-state index in [9.17, 15) is 24.5 Å². The summed E-state index contributed by atoms with van der Waals surface area (Å²) in [6.07, 6.45) is 2.97. The molecule has 13 heteroatoms. The third kappa shape index (κ3) is 9.49. The van der Waals surface area contributed by atoms with Crippen LogP contribution in [0.4, 0.5) is 5.69 Å². The van der Waals surface area contributed by atoms with E-state index in [1.165, 1.54) is 24.4 Å². The number of aliphatic hydroxyl groups excluding tert-OH is 1. The number of nitrogens with one attached hydrogen (secondary N) is 2. The largest absolute Gasteiger partial charge is 0.461 e. The highest BCUT2D eigenvalue weighted by Crippen LogP contribution is 2.40. The lowest BCUT2D eigenvalue weighted by atomic mass is 9.80. The molecule has 0 aliphatic carbocycles. The summed E-state index contributed by atoms with van der Waals surface area (Å²) >= 11 is 0. The van der Waals surface area contributed by atoms with Gasteiger partial charge in [-0.15, -0.1) is 0 Å². The zero-order chi connectivity index (χ0) is 31.2. The van der Waals surface area contributed by atoms with Crippen LogP contribution in [0.5, 0.6) is 0 Å². The van der Waals surface area contributed by atoms with Crippen LogP contribution in [0.1, 0.15) is 42.6 Å². The number of likely N-dealkylation sites (N-methyl/N-ethyl adjacent to an activating group) is 1. The molecule has 0 bridgehead atoms. The van der Waals surface area contributed by atoms with Crippen molar-refractivity contribution in [1.82, 2.24) is 20.5 Å². The molecule has 3 N–H and O–H groups in total. The average molecular weight is 584 g/mol. The van der Waals surface area contributed by atoms with Gasteiger partial charge in [0.1, 0.15) is 13.2 Å². The van der Waals surface area contributed by atoms with Gasteiger partial charge in [0, 0.05) is 49.1 Å². The minimum atomic E-state index is -0.976. The highest BCUT2D eigenvalue weighted by atomic mass is 16.6. The number of dihydropyridines is 1. The molecule has 1 aliphatic heterocycles. The van der Waals surface area contributed by atoms with Gasteiger partial charge in [-0.3, -0.25) is 19.9 Å². The number of pyridine rings is 1. The molecule has 0 spiro atoms. The molecule has 226 valence electrons. The van der Waals surface area contributed by atoms with Crippen LogP contribution >= 0.6 is 0 Å². The molecule has 1 unspecified atom stereocenters. The number of nitrogens with zero attached hydrogens (tertiary/aromatic N) is 3. The number of allylic oxidation sites excluding steroid dienone is 2. The predicted molar refractivity (Wildman–Crippen MR) is 154 cm³/mol. The van der Waals surface area contributed by atoms with Gasteiger partial charge in [-0.1, -0.05) is 12.1 Å². The molecule has 1 aliphatic rings. The number of rotatable bonds is 11. The zero-order valence-electron chi connectivity index (χ0n) is 24.4. The van der Waals surface area contributed by atoms with Crippen molar-refractivity contribution in [3.8, 4) is 0 Å². The molecular weight excluding hydrogens is 546 g/mol. The van der Waals surface area contributed by atoms with Crippen molar-refractivity contribution in [3.63, 3.8) is 0 Å². The third-order valence-corrected chi connectivity index (χ3v) is 5.93. The van der Waals surface area contributed by atoms with Gasteiger partial charge >= 0.3 is 11.9 Å². The average Bonchev–Trinajstić information content (AvgIpc) is 2.95. The van der Waals surface area contributed by atoms with Gasteiger partial charge in [0.25, 0.3) is 11.6 Å². The van der Waals surface area contributed by atoms with Gasteiger partial charge in [0.05, 0.1) is 34.1 Å². The molecule has 2 aromatic rings. The first-order chi connectivity index (χ1) is 20.0. The molecule has 2 heterocycles. The lowest BCUT2D eigenvalue weighted by Crippen LogP contribution is -2.34. The van der Waals surface area contributed by atoms with E-state index in [0.717, 1.165) is 0 Å². The molecule has 0 fully saturated rings. The van der Waals surface area contributed by atoms with E-state index in [1.54, 1.807) is 45.2 Å². The first kappa shape index (κ1) is 33.6. The van der Waals surface area contributed by atoms with Gasteiger partial charge in [-0.2, -0.15) is 0 Å². The summed E-state index contributed by atoms with van der Waals surface area (Å²) < 4.78 is 10.9. The molecular formula is C29H37N5O8. The number of hydrogen-bond acceptors (Lipinski definition) is 11. The van der Waals surface area contributed by atoms with Crippen LogP contribution in [0, 0.1) is 10.1 Å². The van der Waals surface area contributed by atoms with Crippen LogP contribution in [0.3, 0.4) is 0 Å². The van der Waals surface area contributed by atoms with Gasteiger partial charge in [0.2, 0.25) is 0 Å². The molecule has 0 radical (unpaired) electrons. The van der Waals surface area contributed by atoms with E-state index in [2.05, 4.69) is 15.6 Å². The van der Waals surface area contributed by atoms with Crippen molar-refractivity contribution in [2.75, 3.05) is 47.0 Å². The third-order valence-electron chi connectivity index (χ3n) is 5.93. The SMILES string of the molecule is CC1=C(C(=O)OCCNC(=O)c2cccnc2)C(c2cccc([N+](=O)[O-])c2)C(C(=O)OCCN(C)C)=C(C)N1.CCO. The minimum Gasteiger partial charge on any atom is -0.461 e. The van der Waals surface area contributed by atoms with E-state index < -0.39 is 22.8 Å².